The lowest BCUT2D eigenvalue weighted by Crippen LogP contribution is -2.58. The van der Waals surface area contributed by atoms with Crippen LogP contribution < -0.4 is 10.2 Å². The average Bonchev–Trinajstić information content (AvgIpc) is 3.17. The topological polar surface area (TPSA) is 108 Å². The van der Waals surface area contributed by atoms with Crippen LogP contribution in [0.3, 0.4) is 0 Å². The van der Waals surface area contributed by atoms with Crippen molar-refractivity contribution >= 4 is 41.1 Å². The summed E-state index contributed by atoms with van der Waals surface area (Å²) in [5.74, 6) is 1.15. The highest BCUT2D eigenvalue weighted by Gasteiger charge is 2.49. The second-order valence-corrected chi connectivity index (χ2v) is 14.0. The second kappa shape index (κ2) is 11.3. The molecule has 3 fully saturated rings. The molecule has 2 aromatic rings. The smallest absolute Gasteiger partial charge is 0.410 e. The first-order valence-electron chi connectivity index (χ1n) is 15.4. The van der Waals surface area contributed by atoms with Crippen molar-refractivity contribution in [3.63, 3.8) is 0 Å². The van der Waals surface area contributed by atoms with Gasteiger partial charge in [0.1, 0.15) is 23.6 Å². The van der Waals surface area contributed by atoms with Crippen molar-refractivity contribution in [2.75, 3.05) is 29.9 Å². The molecule has 4 aliphatic rings. The Morgan fingerprint density at radius 1 is 1.05 bits per heavy atom. The maximum Gasteiger partial charge on any atom is 0.410 e. The first-order chi connectivity index (χ1) is 20.4. The zero-order valence-corrected chi connectivity index (χ0v) is 26.3. The zero-order valence-electron chi connectivity index (χ0n) is 25.5. The highest BCUT2D eigenvalue weighted by atomic mass is 35.5. The molecule has 1 aromatic carbocycles. The number of nitrogens with zero attached hydrogens (tertiary/aromatic N) is 5. The van der Waals surface area contributed by atoms with Crippen molar-refractivity contribution < 1.29 is 19.1 Å². The van der Waals surface area contributed by atoms with Gasteiger partial charge in [0.2, 0.25) is 11.8 Å². The van der Waals surface area contributed by atoms with Crippen molar-refractivity contribution in [3.05, 3.63) is 46.7 Å². The number of hydrogen-bond donors (Lipinski definition) is 1. The number of ether oxygens (including phenoxy) is 1. The third kappa shape index (κ3) is 5.66. The van der Waals surface area contributed by atoms with Crippen LogP contribution in [0.2, 0.25) is 5.02 Å². The summed E-state index contributed by atoms with van der Waals surface area (Å²) >= 11 is 6.22. The van der Waals surface area contributed by atoms with Crippen LogP contribution in [0.5, 0.6) is 0 Å². The number of carbonyl (C=O) groups is 3. The molecule has 1 aliphatic carbocycles. The normalized spacial score (nSPS) is 25.0. The first-order valence-corrected chi connectivity index (χ1v) is 15.8. The van der Waals surface area contributed by atoms with E-state index in [4.69, 9.17) is 21.3 Å². The summed E-state index contributed by atoms with van der Waals surface area (Å²) in [5, 5.41) is 3.58. The summed E-state index contributed by atoms with van der Waals surface area (Å²) in [7, 11) is 0. The molecule has 2 unspecified atom stereocenters. The first kappa shape index (κ1) is 29.7. The predicted octanol–water partition coefficient (Wildman–Crippen LogP) is 5.18. The van der Waals surface area contributed by atoms with Crippen molar-refractivity contribution in [2.45, 2.75) is 95.9 Å². The number of aromatic nitrogens is 2. The van der Waals surface area contributed by atoms with E-state index in [1.807, 2.05) is 46.8 Å². The number of carbonyl (C=O) groups excluding carboxylic acids is 3. The Hall–Kier alpha value is -3.40. The highest BCUT2D eigenvalue weighted by molar-refractivity contribution is 6.30. The maximum absolute atomic E-state index is 14.5. The van der Waals surface area contributed by atoms with E-state index in [9.17, 15) is 14.4 Å². The third-order valence-corrected chi connectivity index (χ3v) is 9.58. The van der Waals surface area contributed by atoms with Gasteiger partial charge in [-0.2, -0.15) is 0 Å². The fourth-order valence-corrected chi connectivity index (χ4v) is 7.22. The van der Waals surface area contributed by atoms with Gasteiger partial charge in [0.15, 0.2) is 0 Å². The van der Waals surface area contributed by atoms with Gasteiger partial charge in [-0.1, -0.05) is 23.7 Å². The van der Waals surface area contributed by atoms with E-state index in [2.05, 4.69) is 20.1 Å². The molecule has 2 bridgehead atoms. The van der Waals surface area contributed by atoms with Crippen LogP contribution in [0.25, 0.3) is 0 Å². The van der Waals surface area contributed by atoms with Gasteiger partial charge >= 0.3 is 6.09 Å². The lowest BCUT2D eigenvalue weighted by Gasteiger charge is -2.46. The minimum absolute atomic E-state index is 0.00847. The van der Waals surface area contributed by atoms with Crippen molar-refractivity contribution in [1.82, 2.24) is 19.8 Å². The fraction of sp³-hybridized carbons (Fsp3) is 0.594. The lowest BCUT2D eigenvalue weighted by molar-refractivity contribution is -0.136. The number of amides is 3. The van der Waals surface area contributed by atoms with Gasteiger partial charge in [-0.25, -0.2) is 14.8 Å². The fourth-order valence-electron chi connectivity index (χ4n) is 7.10. The van der Waals surface area contributed by atoms with Gasteiger partial charge in [0, 0.05) is 60.2 Å². The SMILES string of the molecule is CC(C)N(C[C@@H](C(=O)N1C2CCC1CN(c1ncnc3c1[C@@H]1CC[C@@H]1C(=O)N3)C2)c1ccc(Cl)cc1)C(=O)OC(C)(C)C. The summed E-state index contributed by atoms with van der Waals surface area (Å²) in [6.45, 7) is 10.9. The van der Waals surface area contributed by atoms with E-state index < -0.39 is 17.6 Å². The van der Waals surface area contributed by atoms with Crippen molar-refractivity contribution in [1.29, 1.82) is 0 Å². The van der Waals surface area contributed by atoms with Crippen LogP contribution in [0.1, 0.15) is 83.3 Å². The van der Waals surface area contributed by atoms with Gasteiger partial charge in [-0.3, -0.25) is 9.59 Å². The Kier molecular flexibility index (Phi) is 7.77. The summed E-state index contributed by atoms with van der Waals surface area (Å²) < 4.78 is 5.73. The van der Waals surface area contributed by atoms with E-state index in [1.165, 1.54) is 6.33 Å². The van der Waals surface area contributed by atoms with E-state index >= 15 is 0 Å². The number of hydrogen-bond acceptors (Lipinski definition) is 7. The quantitative estimate of drug-likeness (QED) is 0.481. The molecule has 1 saturated carbocycles. The summed E-state index contributed by atoms with van der Waals surface area (Å²) in [6.07, 6.45) is 4.74. The number of anilines is 2. The molecule has 4 heterocycles. The predicted molar refractivity (Wildman–Crippen MR) is 164 cm³/mol. The molecular formula is C32H41ClN6O4. The minimum Gasteiger partial charge on any atom is -0.444 e. The van der Waals surface area contributed by atoms with Crippen LogP contribution in [0, 0.1) is 5.92 Å². The molecule has 10 nitrogen and oxygen atoms in total. The molecule has 0 radical (unpaired) electrons. The highest BCUT2D eigenvalue weighted by Crippen LogP contribution is 2.51. The molecule has 1 N–H and O–H groups in total. The van der Waals surface area contributed by atoms with Crippen molar-refractivity contribution in [2.24, 2.45) is 5.92 Å². The van der Waals surface area contributed by atoms with Gasteiger partial charge in [-0.05, 0) is 78.0 Å². The van der Waals surface area contributed by atoms with E-state index in [1.54, 1.807) is 17.0 Å². The summed E-state index contributed by atoms with van der Waals surface area (Å²) in [4.78, 5) is 55.4. The molecular weight excluding hydrogens is 568 g/mol. The lowest BCUT2D eigenvalue weighted by atomic mass is 9.67. The van der Waals surface area contributed by atoms with Crippen LogP contribution in [0.4, 0.5) is 16.4 Å². The number of halogens is 1. The Morgan fingerprint density at radius 3 is 2.28 bits per heavy atom. The van der Waals surface area contributed by atoms with Crippen LogP contribution >= 0.6 is 11.6 Å². The van der Waals surface area contributed by atoms with Crippen molar-refractivity contribution in [3.8, 4) is 0 Å². The number of rotatable bonds is 6. The molecule has 43 heavy (non-hydrogen) atoms. The molecule has 230 valence electrons. The molecule has 0 spiro atoms. The molecule has 3 amide bonds. The third-order valence-electron chi connectivity index (χ3n) is 9.32. The van der Waals surface area contributed by atoms with Gasteiger partial charge in [0.25, 0.3) is 0 Å². The molecule has 6 rings (SSSR count). The summed E-state index contributed by atoms with van der Waals surface area (Å²) in [6, 6.07) is 7.21. The Labute approximate surface area is 258 Å². The molecule has 1 aromatic heterocycles. The average molecular weight is 609 g/mol. The number of benzene rings is 1. The Morgan fingerprint density at radius 2 is 1.70 bits per heavy atom. The molecule has 2 saturated heterocycles. The number of piperazine rings is 1. The monoisotopic (exact) mass is 608 g/mol. The standard InChI is InChI=1S/C32H41ClN6O4/c1-18(2)38(31(42)43-32(3,4)5)16-25(19-6-8-20(33)9-7-19)30(41)39-21-10-11-22(39)15-37(14-21)28-26-23-12-13-24(23)29(40)36-27(26)34-17-35-28/h6-9,17-18,21-25H,10-16H2,1-5H3,(H,34,35,36,40)/t21?,22?,23-,24+,25-/m1/s1. The maximum atomic E-state index is 14.5. The number of nitrogens with one attached hydrogen (secondary N) is 1. The van der Waals surface area contributed by atoms with E-state index in [0.29, 0.717) is 23.9 Å². The zero-order chi connectivity index (χ0) is 30.6. The van der Waals surface area contributed by atoms with Crippen LogP contribution in [-0.4, -0.2) is 81.0 Å². The van der Waals surface area contributed by atoms with E-state index in [0.717, 1.165) is 42.6 Å². The van der Waals surface area contributed by atoms with Gasteiger partial charge in [0.05, 0.1) is 5.92 Å². The minimum atomic E-state index is -0.651. The van der Waals surface area contributed by atoms with Crippen LogP contribution in [0.15, 0.2) is 30.6 Å². The van der Waals surface area contributed by atoms with Crippen LogP contribution in [-0.2, 0) is 14.3 Å². The molecule has 5 atom stereocenters. The van der Waals surface area contributed by atoms with Gasteiger partial charge in [-0.15, -0.1) is 0 Å². The Balaban J connectivity index is 1.26. The van der Waals surface area contributed by atoms with Gasteiger partial charge < -0.3 is 24.8 Å². The Bertz CT molecular complexity index is 1400. The largest absolute Gasteiger partial charge is 0.444 e. The number of fused-ring (bicyclic) bond motifs is 5. The molecule has 11 heteroatoms. The molecule has 3 aliphatic heterocycles. The second-order valence-electron chi connectivity index (χ2n) is 13.6. The van der Waals surface area contributed by atoms with E-state index in [-0.39, 0.29) is 48.3 Å². The summed E-state index contributed by atoms with van der Waals surface area (Å²) in [5.41, 5.74) is 1.21.